The van der Waals surface area contributed by atoms with E-state index in [1.54, 1.807) is 7.05 Å². The summed E-state index contributed by atoms with van der Waals surface area (Å²) in [5, 5.41) is 5.82. The van der Waals surface area contributed by atoms with E-state index in [-0.39, 0.29) is 5.91 Å². The molecule has 0 spiro atoms. The Balaban J connectivity index is 2.10. The van der Waals surface area contributed by atoms with Gasteiger partial charge in [-0.15, -0.1) is 0 Å². The summed E-state index contributed by atoms with van der Waals surface area (Å²) in [4.78, 5) is 13.7. The summed E-state index contributed by atoms with van der Waals surface area (Å²) in [5.41, 5.74) is 0. The molecule has 0 aromatic rings. The van der Waals surface area contributed by atoms with Crippen LogP contribution in [0.4, 0.5) is 0 Å². The molecule has 0 aromatic heterocycles. The first-order valence-electron chi connectivity index (χ1n) is 5.90. The molecule has 1 fully saturated rings. The third-order valence-corrected chi connectivity index (χ3v) is 3.08. The summed E-state index contributed by atoms with van der Waals surface area (Å²) in [7, 11) is 1.79. The van der Waals surface area contributed by atoms with E-state index in [2.05, 4.69) is 22.5 Å². The van der Waals surface area contributed by atoms with E-state index < -0.39 is 0 Å². The van der Waals surface area contributed by atoms with Gasteiger partial charge in [0.25, 0.3) is 0 Å². The highest BCUT2D eigenvalue weighted by Gasteiger charge is 2.18. The summed E-state index contributed by atoms with van der Waals surface area (Å²) in [6.45, 7) is 6.99. The Bertz CT molecular complexity index is 188. The Hall–Kier alpha value is -0.610. The van der Waals surface area contributed by atoms with Gasteiger partial charge in [0.2, 0.25) is 5.91 Å². The molecule has 88 valence electrons. The Kier molecular flexibility index (Phi) is 5.65. The molecule has 1 rings (SSSR count). The molecule has 0 atom stereocenters. The van der Waals surface area contributed by atoms with Crippen molar-refractivity contribution in [3.8, 4) is 0 Å². The number of piperidine rings is 1. The molecule has 0 bridgehead atoms. The minimum atomic E-state index is 0.107. The fourth-order valence-electron chi connectivity index (χ4n) is 1.99. The molecule has 4 nitrogen and oxygen atoms in total. The summed E-state index contributed by atoms with van der Waals surface area (Å²) in [6.07, 6.45) is 2.43. The van der Waals surface area contributed by atoms with Crippen LogP contribution in [-0.2, 0) is 4.79 Å². The molecule has 1 amide bonds. The Morgan fingerprint density at radius 2 is 2.07 bits per heavy atom. The van der Waals surface area contributed by atoms with Gasteiger partial charge in [-0.2, -0.15) is 0 Å². The molecule has 0 aliphatic carbocycles. The zero-order valence-electron chi connectivity index (χ0n) is 9.88. The van der Waals surface area contributed by atoms with Crippen molar-refractivity contribution in [2.24, 2.45) is 5.92 Å². The quantitative estimate of drug-likeness (QED) is 0.678. The number of carbonyl (C=O) groups excluding carboxylic acids is 1. The Morgan fingerprint density at radius 3 is 2.60 bits per heavy atom. The van der Waals surface area contributed by atoms with E-state index in [1.165, 1.54) is 25.9 Å². The summed E-state index contributed by atoms with van der Waals surface area (Å²) in [5.74, 6) is 0.782. The predicted octanol–water partition coefficient (Wildman–Crippen LogP) is 0.0539. The lowest BCUT2D eigenvalue weighted by Crippen LogP contribution is -2.40. The first-order valence-corrected chi connectivity index (χ1v) is 5.90. The number of amides is 1. The van der Waals surface area contributed by atoms with Crippen molar-refractivity contribution < 1.29 is 4.79 Å². The van der Waals surface area contributed by atoms with Crippen molar-refractivity contribution in [3.05, 3.63) is 0 Å². The monoisotopic (exact) mass is 213 g/mol. The van der Waals surface area contributed by atoms with Crippen molar-refractivity contribution in [2.75, 3.05) is 39.8 Å². The van der Waals surface area contributed by atoms with Gasteiger partial charge in [-0.1, -0.05) is 6.92 Å². The van der Waals surface area contributed by atoms with Crippen LogP contribution < -0.4 is 10.6 Å². The van der Waals surface area contributed by atoms with Crippen LogP contribution in [0.2, 0.25) is 0 Å². The van der Waals surface area contributed by atoms with Gasteiger partial charge in [0.15, 0.2) is 0 Å². The molecule has 1 aliphatic heterocycles. The Labute approximate surface area is 92.4 Å². The maximum atomic E-state index is 11.2. The number of carbonyl (C=O) groups is 1. The molecule has 0 saturated carbocycles. The smallest absolute Gasteiger partial charge is 0.233 e. The normalized spacial score (nSPS) is 19.1. The average Bonchev–Trinajstić information content (AvgIpc) is 2.27. The van der Waals surface area contributed by atoms with E-state index in [0.29, 0.717) is 12.5 Å². The van der Waals surface area contributed by atoms with Crippen molar-refractivity contribution in [1.82, 2.24) is 15.5 Å². The van der Waals surface area contributed by atoms with Gasteiger partial charge in [-0.05, 0) is 45.4 Å². The van der Waals surface area contributed by atoms with Gasteiger partial charge in [-0.25, -0.2) is 0 Å². The zero-order valence-corrected chi connectivity index (χ0v) is 9.88. The van der Waals surface area contributed by atoms with Crippen molar-refractivity contribution >= 4 is 5.91 Å². The predicted molar refractivity (Wildman–Crippen MR) is 61.8 cm³/mol. The number of likely N-dealkylation sites (tertiary alicyclic amines) is 1. The molecule has 0 unspecified atom stereocenters. The van der Waals surface area contributed by atoms with Gasteiger partial charge in [0, 0.05) is 6.54 Å². The summed E-state index contributed by atoms with van der Waals surface area (Å²) >= 11 is 0. The van der Waals surface area contributed by atoms with Gasteiger partial charge in [0.1, 0.15) is 0 Å². The number of likely N-dealkylation sites (N-methyl/N-ethyl adjacent to an activating group) is 1. The van der Waals surface area contributed by atoms with E-state index >= 15 is 0 Å². The highest BCUT2D eigenvalue weighted by molar-refractivity contribution is 5.77. The molecular formula is C11H23N3O. The molecule has 2 N–H and O–H groups in total. The number of nitrogens with zero attached hydrogens (tertiary/aromatic N) is 1. The topological polar surface area (TPSA) is 44.4 Å². The van der Waals surface area contributed by atoms with E-state index in [1.807, 2.05) is 0 Å². The molecule has 0 radical (unpaired) electrons. The zero-order chi connectivity index (χ0) is 11.1. The molecule has 15 heavy (non-hydrogen) atoms. The standard InChI is InChI=1S/C11H23N3O/c1-3-14-6-4-10(5-7-14)8-13-11(15)9-12-2/h10,12H,3-9H2,1-2H3,(H,13,15). The van der Waals surface area contributed by atoms with Crippen LogP contribution in [0.25, 0.3) is 0 Å². The number of hydrogen-bond acceptors (Lipinski definition) is 3. The second-order valence-corrected chi connectivity index (χ2v) is 4.21. The van der Waals surface area contributed by atoms with Gasteiger partial charge < -0.3 is 15.5 Å². The van der Waals surface area contributed by atoms with Gasteiger partial charge in [0.05, 0.1) is 6.54 Å². The van der Waals surface area contributed by atoms with Crippen LogP contribution in [0.1, 0.15) is 19.8 Å². The SMILES string of the molecule is CCN1CCC(CNC(=O)CNC)CC1. The van der Waals surface area contributed by atoms with Crippen LogP contribution in [0.5, 0.6) is 0 Å². The molecule has 1 heterocycles. The van der Waals surface area contributed by atoms with Crippen LogP contribution in [0, 0.1) is 5.92 Å². The molecule has 0 aromatic carbocycles. The third-order valence-electron chi connectivity index (χ3n) is 3.08. The number of nitrogens with one attached hydrogen (secondary N) is 2. The molecular weight excluding hydrogens is 190 g/mol. The van der Waals surface area contributed by atoms with E-state index in [0.717, 1.165) is 13.1 Å². The molecule has 1 aliphatic rings. The van der Waals surface area contributed by atoms with Gasteiger partial charge in [-0.3, -0.25) is 4.79 Å². The van der Waals surface area contributed by atoms with Crippen molar-refractivity contribution in [2.45, 2.75) is 19.8 Å². The lowest BCUT2D eigenvalue weighted by Gasteiger charge is -2.31. The molecule has 4 heteroatoms. The average molecular weight is 213 g/mol. The molecule has 1 saturated heterocycles. The van der Waals surface area contributed by atoms with Gasteiger partial charge >= 0.3 is 0 Å². The number of hydrogen-bond donors (Lipinski definition) is 2. The summed E-state index contributed by atoms with van der Waals surface area (Å²) in [6, 6.07) is 0. The largest absolute Gasteiger partial charge is 0.355 e. The number of rotatable bonds is 5. The third kappa shape index (κ3) is 4.62. The van der Waals surface area contributed by atoms with Crippen molar-refractivity contribution in [1.29, 1.82) is 0 Å². The van der Waals surface area contributed by atoms with Crippen molar-refractivity contribution in [3.63, 3.8) is 0 Å². The minimum absolute atomic E-state index is 0.107. The highest BCUT2D eigenvalue weighted by atomic mass is 16.1. The fraction of sp³-hybridized carbons (Fsp3) is 0.909. The highest BCUT2D eigenvalue weighted by Crippen LogP contribution is 2.15. The van der Waals surface area contributed by atoms with Crippen LogP contribution in [-0.4, -0.2) is 50.6 Å². The first-order chi connectivity index (χ1) is 7.26. The van der Waals surface area contributed by atoms with Crippen LogP contribution in [0.15, 0.2) is 0 Å². The van der Waals surface area contributed by atoms with E-state index in [9.17, 15) is 4.79 Å². The second-order valence-electron chi connectivity index (χ2n) is 4.21. The Morgan fingerprint density at radius 1 is 1.40 bits per heavy atom. The summed E-state index contributed by atoms with van der Waals surface area (Å²) < 4.78 is 0. The maximum Gasteiger partial charge on any atom is 0.233 e. The van der Waals surface area contributed by atoms with Crippen LogP contribution >= 0.6 is 0 Å². The maximum absolute atomic E-state index is 11.2. The minimum Gasteiger partial charge on any atom is -0.355 e. The fourth-order valence-corrected chi connectivity index (χ4v) is 1.99. The van der Waals surface area contributed by atoms with E-state index in [4.69, 9.17) is 0 Å². The second kappa shape index (κ2) is 6.80. The van der Waals surface area contributed by atoms with Crippen LogP contribution in [0.3, 0.4) is 0 Å². The first kappa shape index (κ1) is 12.5. The lowest BCUT2D eigenvalue weighted by molar-refractivity contribution is -0.120. The lowest BCUT2D eigenvalue weighted by atomic mass is 9.97.